The summed E-state index contributed by atoms with van der Waals surface area (Å²) >= 11 is 0.984. The Morgan fingerprint density at radius 3 is 2.11 bits per heavy atom. The topological polar surface area (TPSA) is 438 Å². The summed E-state index contributed by atoms with van der Waals surface area (Å²) < 4.78 is 0. The lowest BCUT2D eigenvalue weighted by Crippen LogP contribution is -2.56. The first kappa shape index (κ1) is 72.6. The van der Waals surface area contributed by atoms with E-state index in [2.05, 4.69) is 47.5 Å². The van der Waals surface area contributed by atoms with Crippen LogP contribution in [0, 0.1) is 35.5 Å². The molecule has 3 aromatic rings. The highest BCUT2D eigenvalue weighted by molar-refractivity contribution is 7.99. The number of anilines is 1. The lowest BCUT2D eigenvalue weighted by atomic mass is 9.85. The molecule has 4 aliphatic heterocycles. The number of phenols is 1. The average molecular weight is 1330 g/mol. The minimum absolute atomic E-state index is 0.157. The minimum Gasteiger partial charge on any atom is -0.508 e. The number of fused-ring (bicyclic) bond motifs is 5. The maximum atomic E-state index is 15.1. The molecule has 1 aromatic heterocycles. The van der Waals surface area contributed by atoms with Gasteiger partial charge in [-0.05, 0) is 53.6 Å². The number of amides is 11. The van der Waals surface area contributed by atoms with Gasteiger partial charge in [-0.25, -0.2) is 0 Å². The van der Waals surface area contributed by atoms with E-state index in [1.807, 2.05) is 0 Å². The van der Waals surface area contributed by atoms with Crippen LogP contribution in [-0.2, 0) is 80.1 Å². The van der Waals surface area contributed by atoms with Crippen molar-refractivity contribution in [2.24, 2.45) is 35.5 Å². The number of carbonyl (C=O) groups is 14. The molecule has 1 fully saturated rings. The van der Waals surface area contributed by atoms with Gasteiger partial charge in [0.1, 0.15) is 17.8 Å². The normalized spacial score (nSPS) is 23.8. The molecule has 0 radical (unpaired) electrons. The number of benzene rings is 2. The van der Waals surface area contributed by atoms with Crippen LogP contribution in [-0.4, -0.2) is 198 Å². The zero-order chi connectivity index (χ0) is 68.8. The van der Waals surface area contributed by atoms with Gasteiger partial charge in [0.05, 0.1) is 66.5 Å². The first-order valence-electron chi connectivity index (χ1n) is 31.3. The number of ketones is 3. The number of aromatic hydroxyl groups is 1. The third-order valence-electron chi connectivity index (χ3n) is 17.4. The molecule has 3 unspecified atom stereocenters. The van der Waals surface area contributed by atoms with Crippen LogP contribution in [0.15, 0.2) is 59.6 Å². The minimum atomic E-state index is -1.67. The number of rotatable bonds is 19. The Balaban J connectivity index is 1.15. The maximum Gasteiger partial charge on any atom is 0.253 e. The van der Waals surface area contributed by atoms with Gasteiger partial charge in [0.15, 0.2) is 17.3 Å². The zero-order valence-corrected chi connectivity index (χ0v) is 53.9. The molecule has 508 valence electrons. The van der Waals surface area contributed by atoms with Crippen molar-refractivity contribution in [1.29, 1.82) is 0 Å². The first-order chi connectivity index (χ1) is 44.5. The van der Waals surface area contributed by atoms with Crippen LogP contribution in [0.2, 0.25) is 0 Å². The van der Waals surface area contributed by atoms with Gasteiger partial charge in [0.25, 0.3) is 11.8 Å². The van der Waals surface area contributed by atoms with Crippen LogP contribution in [0.5, 0.6) is 5.75 Å². The Kier molecular flexibility index (Phi) is 25.3. The predicted molar refractivity (Wildman–Crippen MR) is 338 cm³/mol. The molecule has 11 amide bonds. The number of thioether (sulfide) groups is 1. The molecule has 7 rings (SSSR count). The third kappa shape index (κ3) is 18.9. The predicted octanol–water partition coefficient (Wildman–Crippen LogP) is -0.934. The molecule has 0 spiro atoms. The van der Waals surface area contributed by atoms with Crippen molar-refractivity contribution in [3.05, 3.63) is 65.7 Å². The van der Waals surface area contributed by atoms with Gasteiger partial charge >= 0.3 is 0 Å². The fourth-order valence-corrected chi connectivity index (χ4v) is 12.7. The molecule has 13 N–H and O–H groups in total. The molecular weight excluding hydrogens is 1240 g/mol. The van der Waals surface area contributed by atoms with E-state index >= 15 is 9.59 Å². The highest BCUT2D eigenvalue weighted by Crippen LogP contribution is 2.36. The Bertz CT molecular complexity index is 3430. The quantitative estimate of drug-likeness (QED) is 0.0645. The van der Waals surface area contributed by atoms with E-state index in [4.69, 9.17) is 0 Å². The summed E-state index contributed by atoms with van der Waals surface area (Å²) in [6.45, 7) is 6.68. The van der Waals surface area contributed by atoms with Crippen molar-refractivity contribution in [3.8, 4) is 5.75 Å². The monoisotopic (exact) mass is 1330 g/mol. The zero-order valence-electron chi connectivity index (χ0n) is 53.1. The molecule has 5 heterocycles. The van der Waals surface area contributed by atoms with Crippen molar-refractivity contribution in [2.75, 3.05) is 43.9 Å². The summed E-state index contributed by atoms with van der Waals surface area (Å²) in [7, 11) is 0. The number of hydrogen-bond acceptors (Lipinski definition) is 19. The van der Waals surface area contributed by atoms with Crippen molar-refractivity contribution in [3.63, 3.8) is 0 Å². The Labute approximate surface area is 545 Å². The van der Waals surface area contributed by atoms with E-state index in [0.717, 1.165) is 33.7 Å². The van der Waals surface area contributed by atoms with Crippen LogP contribution >= 0.6 is 11.8 Å². The number of Topliss-reactive ketones (excluding diaryl/α,β-unsaturated/α-hetero) is 3. The van der Waals surface area contributed by atoms with Crippen LogP contribution in [0.4, 0.5) is 5.69 Å². The molecule has 94 heavy (non-hydrogen) atoms. The number of phenolic OH excluding ortho intramolecular Hbond substituents is 1. The molecule has 4 aliphatic rings. The number of aliphatic hydroxyl groups excluding tert-OH is 3. The summed E-state index contributed by atoms with van der Waals surface area (Å²) in [6, 6.07) is 3.63. The molecule has 1 saturated heterocycles. The molecule has 0 aliphatic carbocycles. The summed E-state index contributed by atoms with van der Waals surface area (Å²) in [5.74, 6) is -16.7. The summed E-state index contributed by atoms with van der Waals surface area (Å²) in [4.78, 5) is 198. The second-order valence-electron chi connectivity index (χ2n) is 24.8. The SMILES string of the molecule is CC[C@H](C)[C@@H]1NC(=O)CNC(=O)[C@H]2CC(=O)[C@H]([C@@H](C)[C@@H](O)CO)NC(=O)[C@@H]3CC(O)CN3C(=O)[C@H](CC(=O)NCc3ccc(NC(=O)[C@H](C)CC(=O)C(NC(=O)CCN4C(=O)C=CC4=O)C(C)C)cc3)CC(=O)C(CSc3[nH]c4cc(O)ccc4c3C2)NC(=O)CNC1=O. The molecule has 30 heteroatoms. The van der Waals surface area contributed by atoms with E-state index in [1.54, 1.807) is 45.9 Å². The van der Waals surface area contributed by atoms with Crippen molar-refractivity contribution < 1.29 is 87.5 Å². The first-order valence-corrected chi connectivity index (χ1v) is 32.3. The van der Waals surface area contributed by atoms with Gasteiger partial charge in [-0.3, -0.25) is 72.0 Å². The van der Waals surface area contributed by atoms with Crippen molar-refractivity contribution in [1.82, 2.24) is 52.0 Å². The van der Waals surface area contributed by atoms with Crippen molar-refractivity contribution >= 4 is 111 Å². The lowest BCUT2D eigenvalue weighted by molar-refractivity contribution is -0.145. The highest BCUT2D eigenvalue weighted by Gasteiger charge is 2.45. The molecule has 12 atom stereocenters. The summed E-state index contributed by atoms with van der Waals surface area (Å²) in [6.07, 6.45) is -3.70. The third-order valence-corrected chi connectivity index (χ3v) is 18.6. The smallest absolute Gasteiger partial charge is 0.253 e. The maximum absolute atomic E-state index is 15.1. The van der Waals surface area contributed by atoms with Crippen LogP contribution in [0.1, 0.15) is 97.6 Å². The lowest BCUT2D eigenvalue weighted by Gasteiger charge is -2.32. The van der Waals surface area contributed by atoms with E-state index < -0.39 is 206 Å². The molecular formula is C64H83N11O18S. The highest BCUT2D eigenvalue weighted by atomic mass is 32.2. The summed E-state index contributed by atoms with van der Waals surface area (Å²) in [5.41, 5.74) is 1.55. The van der Waals surface area contributed by atoms with Crippen LogP contribution < -0.4 is 42.5 Å². The number of nitrogens with zero attached hydrogens (tertiary/aromatic N) is 2. The second-order valence-corrected chi connectivity index (χ2v) is 25.9. The Morgan fingerprint density at radius 1 is 0.777 bits per heavy atom. The number of imide groups is 1. The van der Waals surface area contributed by atoms with Gasteiger partial charge in [0, 0.05) is 111 Å². The van der Waals surface area contributed by atoms with E-state index in [-0.39, 0.29) is 49.8 Å². The van der Waals surface area contributed by atoms with E-state index in [9.17, 15) is 78.0 Å². The number of aromatic nitrogens is 1. The van der Waals surface area contributed by atoms with E-state index in [0.29, 0.717) is 39.2 Å². The Hall–Kier alpha value is -8.87. The molecule has 2 aromatic carbocycles. The number of H-pyrrole nitrogens is 1. The van der Waals surface area contributed by atoms with Gasteiger partial charge in [-0.2, -0.15) is 0 Å². The number of carbonyl (C=O) groups excluding carboxylic acids is 14. The van der Waals surface area contributed by atoms with E-state index in [1.165, 1.54) is 38.1 Å². The summed E-state index contributed by atoms with van der Waals surface area (Å²) in [5, 5.41) is 64.6. The van der Waals surface area contributed by atoms with Gasteiger partial charge in [-0.1, -0.05) is 60.1 Å². The van der Waals surface area contributed by atoms with Gasteiger partial charge in [-0.15, -0.1) is 11.8 Å². The van der Waals surface area contributed by atoms with Gasteiger partial charge < -0.3 is 72.8 Å². The number of hydrogen-bond donors (Lipinski definition) is 13. The van der Waals surface area contributed by atoms with Gasteiger partial charge in [0.2, 0.25) is 53.2 Å². The number of aromatic amines is 1. The molecule has 2 bridgehead atoms. The van der Waals surface area contributed by atoms with Crippen molar-refractivity contribution in [2.45, 2.75) is 147 Å². The Morgan fingerprint density at radius 2 is 1.45 bits per heavy atom. The fraction of sp³-hybridized carbons (Fsp3) is 0.531. The largest absolute Gasteiger partial charge is 0.508 e. The number of nitrogens with one attached hydrogen (secondary N) is 9. The molecule has 29 nitrogen and oxygen atoms in total. The fourth-order valence-electron chi connectivity index (χ4n) is 11.6. The second kappa shape index (κ2) is 32.8. The van der Waals surface area contributed by atoms with Crippen LogP contribution in [0.3, 0.4) is 0 Å². The van der Waals surface area contributed by atoms with Crippen LogP contribution in [0.25, 0.3) is 10.9 Å². The average Bonchev–Trinajstić information content (AvgIpc) is 1.63. The standard InChI is InChI=1S/C64H83N11O18S/c1-7-32(4)57-62(92)67-26-52(85)69-44-30-94-63-42(41-13-12-39(77)23-43(41)70-63)19-36(60(90)66-27-53(86)72-57)20-48(81)58(34(6)49(82)29-76)73-61(91)45-24-40(78)28-75(45)64(93)37(21-46(44)79)22-51(84)65-25-35-8-10-38(11-9-35)68-59(89)33(5)18-47(80)56(31(2)3)71-50(83)16-17-74-54(87)14-15-55(74)88/h8-15,23,31-34,36-37,40,44-45,49,56-58,70,76-78,82H,7,16-22,24-30H2,1-6H3,(H,65,84)(H,66,90)(H,67,92)(H,68,89)(H,69,85)(H,71,83)(H,72,86)(H,73,91)/t32-,33+,34-,36+,37-,40?,44?,45-,49-,56?,57-,58-/m0/s1. The molecule has 0 saturated carbocycles. The number of aliphatic hydroxyl groups is 3.